The lowest BCUT2D eigenvalue weighted by atomic mass is 10.1. The molecule has 0 heterocycles. The summed E-state index contributed by atoms with van der Waals surface area (Å²) in [5.74, 6) is -1.78. The standard InChI is InChI=1S/C21H18ClFN2O5S2/c1-31(27,28)13-14-5-4-6-15(11-14)21(26)24-19-12-16(22)9-10-18(19)25-32(29,30)20-8-3-2-7-17(20)23/h2-12,25H,13H2,1H3,(H,24,26). The first-order valence-corrected chi connectivity index (χ1v) is 13.0. The molecule has 0 saturated carbocycles. The second-order valence-corrected chi connectivity index (χ2v) is 11.2. The van der Waals surface area contributed by atoms with Crippen molar-refractivity contribution in [1.29, 1.82) is 0 Å². The van der Waals surface area contributed by atoms with Gasteiger partial charge in [-0.1, -0.05) is 35.9 Å². The number of anilines is 2. The summed E-state index contributed by atoms with van der Waals surface area (Å²) in [6.45, 7) is 0. The highest BCUT2D eigenvalue weighted by atomic mass is 35.5. The van der Waals surface area contributed by atoms with E-state index in [1.165, 1.54) is 48.5 Å². The Kier molecular flexibility index (Phi) is 6.87. The number of hydrogen-bond acceptors (Lipinski definition) is 5. The van der Waals surface area contributed by atoms with E-state index in [4.69, 9.17) is 11.6 Å². The molecular formula is C21H18ClFN2O5S2. The number of benzene rings is 3. The van der Waals surface area contributed by atoms with Gasteiger partial charge < -0.3 is 5.32 Å². The molecule has 2 N–H and O–H groups in total. The van der Waals surface area contributed by atoms with Crippen LogP contribution in [0.2, 0.25) is 5.02 Å². The Bertz CT molecular complexity index is 1390. The summed E-state index contributed by atoms with van der Waals surface area (Å²) in [6, 6.07) is 14.9. The molecule has 3 aromatic carbocycles. The van der Waals surface area contributed by atoms with Gasteiger partial charge in [-0.2, -0.15) is 0 Å². The van der Waals surface area contributed by atoms with Gasteiger partial charge in [0.1, 0.15) is 10.7 Å². The number of halogens is 2. The Labute approximate surface area is 190 Å². The molecule has 0 spiro atoms. The molecule has 0 aliphatic rings. The van der Waals surface area contributed by atoms with Gasteiger partial charge in [0.25, 0.3) is 15.9 Å². The number of nitrogens with one attached hydrogen (secondary N) is 2. The van der Waals surface area contributed by atoms with Crippen LogP contribution in [0.1, 0.15) is 15.9 Å². The van der Waals surface area contributed by atoms with Crippen LogP contribution in [0.3, 0.4) is 0 Å². The van der Waals surface area contributed by atoms with Crippen molar-refractivity contribution in [3.05, 3.63) is 88.7 Å². The molecule has 3 aromatic rings. The van der Waals surface area contributed by atoms with E-state index in [-0.39, 0.29) is 27.7 Å². The van der Waals surface area contributed by atoms with Crippen LogP contribution in [0, 0.1) is 5.82 Å². The largest absolute Gasteiger partial charge is 0.320 e. The first kappa shape index (κ1) is 23.7. The van der Waals surface area contributed by atoms with Crippen molar-refractivity contribution in [2.24, 2.45) is 0 Å². The molecule has 168 valence electrons. The van der Waals surface area contributed by atoms with Crippen LogP contribution >= 0.6 is 11.6 Å². The van der Waals surface area contributed by atoms with E-state index in [1.807, 2.05) is 0 Å². The van der Waals surface area contributed by atoms with Gasteiger partial charge in [-0.15, -0.1) is 0 Å². The van der Waals surface area contributed by atoms with Gasteiger partial charge in [0.2, 0.25) is 0 Å². The van der Waals surface area contributed by atoms with E-state index >= 15 is 0 Å². The van der Waals surface area contributed by atoms with E-state index < -0.39 is 36.5 Å². The van der Waals surface area contributed by atoms with Crippen molar-refractivity contribution in [2.45, 2.75) is 10.6 Å². The third-order valence-corrected chi connectivity index (χ3v) is 6.71. The Balaban J connectivity index is 1.90. The van der Waals surface area contributed by atoms with Crippen molar-refractivity contribution in [3.63, 3.8) is 0 Å². The number of carbonyl (C=O) groups excluding carboxylic acids is 1. The topological polar surface area (TPSA) is 109 Å². The fraction of sp³-hybridized carbons (Fsp3) is 0.0952. The highest BCUT2D eigenvalue weighted by molar-refractivity contribution is 7.92. The van der Waals surface area contributed by atoms with Crippen LogP contribution in [-0.4, -0.2) is 29.0 Å². The first-order valence-electron chi connectivity index (χ1n) is 9.09. The van der Waals surface area contributed by atoms with Gasteiger partial charge in [-0.25, -0.2) is 21.2 Å². The molecule has 0 bridgehead atoms. The van der Waals surface area contributed by atoms with Gasteiger partial charge in [0.05, 0.1) is 17.1 Å². The Morgan fingerprint density at radius 3 is 2.34 bits per heavy atom. The Morgan fingerprint density at radius 1 is 0.938 bits per heavy atom. The maximum absolute atomic E-state index is 14.0. The molecule has 0 atom stereocenters. The highest BCUT2D eigenvalue weighted by Gasteiger charge is 2.21. The third kappa shape index (κ3) is 6.06. The molecule has 0 unspecified atom stereocenters. The third-order valence-electron chi connectivity index (χ3n) is 4.22. The van der Waals surface area contributed by atoms with Crippen molar-refractivity contribution in [3.8, 4) is 0 Å². The number of rotatable bonds is 7. The van der Waals surface area contributed by atoms with E-state index in [0.29, 0.717) is 5.56 Å². The number of hydrogen-bond donors (Lipinski definition) is 2. The molecule has 0 aliphatic carbocycles. The van der Waals surface area contributed by atoms with Crippen LogP contribution in [0.15, 0.2) is 71.6 Å². The average molecular weight is 497 g/mol. The molecule has 7 nitrogen and oxygen atoms in total. The zero-order chi connectivity index (χ0) is 23.5. The number of amides is 1. The predicted molar refractivity (Wildman–Crippen MR) is 122 cm³/mol. The molecule has 0 radical (unpaired) electrons. The second-order valence-electron chi connectivity index (χ2n) is 6.95. The second kappa shape index (κ2) is 9.27. The monoisotopic (exact) mass is 496 g/mol. The zero-order valence-electron chi connectivity index (χ0n) is 16.7. The molecular weight excluding hydrogens is 479 g/mol. The first-order chi connectivity index (χ1) is 14.9. The predicted octanol–water partition coefficient (Wildman–Crippen LogP) is 4.08. The molecule has 0 aromatic heterocycles. The van der Waals surface area contributed by atoms with E-state index in [2.05, 4.69) is 10.0 Å². The van der Waals surface area contributed by atoms with Crippen LogP contribution in [0.5, 0.6) is 0 Å². The van der Waals surface area contributed by atoms with Crippen LogP contribution in [-0.2, 0) is 25.6 Å². The number of sulfone groups is 1. The maximum atomic E-state index is 14.0. The maximum Gasteiger partial charge on any atom is 0.264 e. The molecule has 11 heteroatoms. The molecule has 0 fully saturated rings. The molecule has 0 aliphatic heterocycles. The zero-order valence-corrected chi connectivity index (χ0v) is 19.1. The number of sulfonamides is 1. The summed E-state index contributed by atoms with van der Waals surface area (Å²) in [6.07, 6.45) is 1.08. The fourth-order valence-electron chi connectivity index (χ4n) is 2.87. The average Bonchev–Trinajstić information content (AvgIpc) is 2.69. The van der Waals surface area contributed by atoms with Crippen LogP contribution in [0.25, 0.3) is 0 Å². The van der Waals surface area contributed by atoms with Gasteiger partial charge >= 0.3 is 0 Å². The van der Waals surface area contributed by atoms with Crippen molar-refractivity contribution < 1.29 is 26.0 Å². The summed E-state index contributed by atoms with van der Waals surface area (Å²) >= 11 is 6.00. The van der Waals surface area contributed by atoms with Gasteiger partial charge in [0, 0.05) is 16.8 Å². The van der Waals surface area contributed by atoms with Gasteiger partial charge in [-0.05, 0) is 48.0 Å². The SMILES string of the molecule is CS(=O)(=O)Cc1cccc(C(=O)Nc2cc(Cl)ccc2NS(=O)(=O)c2ccccc2F)c1. The Hall–Kier alpha value is -2.95. The lowest BCUT2D eigenvalue weighted by molar-refractivity contribution is 0.102. The molecule has 32 heavy (non-hydrogen) atoms. The summed E-state index contributed by atoms with van der Waals surface area (Å²) in [7, 11) is -7.59. The van der Waals surface area contributed by atoms with Gasteiger partial charge in [0.15, 0.2) is 9.84 Å². The smallest absolute Gasteiger partial charge is 0.264 e. The minimum absolute atomic E-state index is 0.0294. The lowest BCUT2D eigenvalue weighted by Gasteiger charge is -2.15. The van der Waals surface area contributed by atoms with E-state index in [1.54, 1.807) is 6.07 Å². The van der Waals surface area contributed by atoms with Crippen molar-refractivity contribution >= 4 is 48.7 Å². The fourth-order valence-corrected chi connectivity index (χ4v) is 4.99. The number of carbonyl (C=O) groups is 1. The summed E-state index contributed by atoms with van der Waals surface area (Å²) in [4.78, 5) is 12.2. The quantitative estimate of drug-likeness (QED) is 0.512. The summed E-state index contributed by atoms with van der Waals surface area (Å²) in [5.41, 5.74) is 0.593. The van der Waals surface area contributed by atoms with E-state index in [0.717, 1.165) is 18.4 Å². The Morgan fingerprint density at radius 2 is 1.66 bits per heavy atom. The summed E-state index contributed by atoms with van der Waals surface area (Å²) in [5, 5.41) is 2.78. The normalized spacial score (nSPS) is 11.7. The lowest BCUT2D eigenvalue weighted by Crippen LogP contribution is -2.18. The minimum atomic E-state index is -4.29. The highest BCUT2D eigenvalue weighted by Crippen LogP contribution is 2.29. The van der Waals surface area contributed by atoms with Crippen molar-refractivity contribution in [1.82, 2.24) is 0 Å². The minimum Gasteiger partial charge on any atom is -0.320 e. The summed E-state index contributed by atoms with van der Waals surface area (Å²) < 4.78 is 64.6. The molecule has 3 rings (SSSR count). The van der Waals surface area contributed by atoms with E-state index in [9.17, 15) is 26.0 Å². The molecule has 1 amide bonds. The van der Waals surface area contributed by atoms with Crippen molar-refractivity contribution in [2.75, 3.05) is 16.3 Å². The van der Waals surface area contributed by atoms with Crippen LogP contribution < -0.4 is 10.0 Å². The molecule has 0 saturated heterocycles. The van der Waals surface area contributed by atoms with Gasteiger partial charge in [-0.3, -0.25) is 9.52 Å². The van der Waals surface area contributed by atoms with Crippen LogP contribution in [0.4, 0.5) is 15.8 Å².